The van der Waals surface area contributed by atoms with Gasteiger partial charge in [0.25, 0.3) is 5.91 Å². The molecule has 1 aliphatic heterocycles. The lowest BCUT2D eigenvalue weighted by molar-refractivity contribution is -0.123. The molecule has 2 amide bonds. The third-order valence-electron chi connectivity index (χ3n) is 5.29. The molecule has 3 aromatic rings. The Morgan fingerprint density at radius 2 is 2.03 bits per heavy atom. The van der Waals surface area contributed by atoms with Crippen LogP contribution in [-0.2, 0) is 11.3 Å². The largest absolute Gasteiger partial charge is 0.369 e. The van der Waals surface area contributed by atoms with Crippen molar-refractivity contribution in [2.24, 2.45) is 11.7 Å². The minimum absolute atomic E-state index is 0.116. The van der Waals surface area contributed by atoms with E-state index in [-0.39, 0.29) is 17.7 Å². The van der Waals surface area contributed by atoms with Crippen molar-refractivity contribution in [1.29, 1.82) is 0 Å². The highest BCUT2D eigenvalue weighted by Gasteiger charge is 2.24. The fraction of sp³-hybridized carbons (Fsp3) is 0.286. The third kappa shape index (κ3) is 4.52. The summed E-state index contributed by atoms with van der Waals surface area (Å²) in [6.45, 7) is 2.19. The summed E-state index contributed by atoms with van der Waals surface area (Å²) < 4.78 is 1.50. The normalized spacial score (nSPS) is 16.9. The lowest BCUT2D eigenvalue weighted by atomic mass is 9.97. The zero-order chi connectivity index (χ0) is 20.9. The van der Waals surface area contributed by atoms with Crippen LogP contribution >= 0.6 is 0 Å². The van der Waals surface area contributed by atoms with Crippen molar-refractivity contribution in [3.05, 3.63) is 66.0 Å². The molecule has 4 rings (SSSR count). The molecular formula is C21H23N7O2. The zero-order valence-corrected chi connectivity index (χ0v) is 16.4. The summed E-state index contributed by atoms with van der Waals surface area (Å²) in [6.07, 6.45) is 3.25. The number of primary amides is 1. The number of amides is 2. The third-order valence-corrected chi connectivity index (χ3v) is 5.29. The number of carbonyl (C=O) groups excluding carboxylic acids is 2. The van der Waals surface area contributed by atoms with Crippen LogP contribution in [0.2, 0.25) is 0 Å². The van der Waals surface area contributed by atoms with E-state index < -0.39 is 0 Å². The maximum Gasteiger partial charge on any atom is 0.255 e. The van der Waals surface area contributed by atoms with Crippen LogP contribution in [0.15, 0.2) is 54.9 Å². The summed E-state index contributed by atoms with van der Waals surface area (Å²) in [5.41, 5.74) is 8.44. The molecule has 1 unspecified atom stereocenters. The number of piperidine rings is 1. The van der Waals surface area contributed by atoms with Crippen LogP contribution in [0.1, 0.15) is 28.8 Å². The van der Waals surface area contributed by atoms with E-state index in [2.05, 4.69) is 25.7 Å². The van der Waals surface area contributed by atoms with Crippen LogP contribution in [-0.4, -0.2) is 50.0 Å². The molecule has 30 heavy (non-hydrogen) atoms. The summed E-state index contributed by atoms with van der Waals surface area (Å²) in [7, 11) is 0. The Morgan fingerprint density at radius 1 is 1.17 bits per heavy atom. The lowest BCUT2D eigenvalue weighted by Crippen LogP contribution is -2.40. The molecule has 0 spiro atoms. The Kier molecular flexibility index (Phi) is 5.80. The van der Waals surface area contributed by atoms with Crippen LogP contribution in [0.4, 0.5) is 5.69 Å². The number of anilines is 1. The van der Waals surface area contributed by atoms with Gasteiger partial charge in [-0.1, -0.05) is 24.3 Å². The highest BCUT2D eigenvalue weighted by molar-refractivity contribution is 6.05. The van der Waals surface area contributed by atoms with Gasteiger partial charge in [-0.2, -0.15) is 0 Å². The van der Waals surface area contributed by atoms with E-state index >= 15 is 0 Å². The van der Waals surface area contributed by atoms with Crippen molar-refractivity contribution in [3.63, 3.8) is 0 Å². The van der Waals surface area contributed by atoms with E-state index in [1.165, 1.54) is 11.0 Å². The van der Waals surface area contributed by atoms with Crippen LogP contribution in [0, 0.1) is 5.92 Å². The number of para-hydroxylation sites is 1. The summed E-state index contributed by atoms with van der Waals surface area (Å²) >= 11 is 0. The molecule has 3 N–H and O–H groups in total. The zero-order valence-electron chi connectivity index (χ0n) is 16.4. The van der Waals surface area contributed by atoms with Crippen LogP contribution in [0.25, 0.3) is 5.69 Å². The molecule has 2 heterocycles. The Bertz CT molecular complexity index is 1040. The molecule has 0 aliphatic carbocycles. The first-order valence-corrected chi connectivity index (χ1v) is 9.84. The average Bonchev–Trinajstić information content (AvgIpc) is 3.30. The summed E-state index contributed by atoms with van der Waals surface area (Å²) in [6, 6.07) is 14.8. The van der Waals surface area contributed by atoms with E-state index in [1.807, 2.05) is 30.3 Å². The van der Waals surface area contributed by atoms with Crippen molar-refractivity contribution < 1.29 is 9.59 Å². The van der Waals surface area contributed by atoms with E-state index in [0.29, 0.717) is 24.3 Å². The number of tetrazole rings is 1. The topological polar surface area (TPSA) is 119 Å². The SMILES string of the molecule is NC(=O)C1CCCN(Cc2ccccc2NC(=O)c2cccc(-n3cnnn3)c2)C1. The van der Waals surface area contributed by atoms with Gasteiger partial charge in [-0.15, -0.1) is 5.10 Å². The second-order valence-corrected chi connectivity index (χ2v) is 7.39. The number of likely N-dealkylation sites (tertiary alicyclic amines) is 1. The number of hydrogen-bond acceptors (Lipinski definition) is 6. The van der Waals surface area contributed by atoms with Gasteiger partial charge in [0.05, 0.1) is 11.6 Å². The Labute approximate surface area is 173 Å². The van der Waals surface area contributed by atoms with Gasteiger partial charge in [0.2, 0.25) is 5.91 Å². The predicted molar refractivity (Wildman–Crippen MR) is 111 cm³/mol. The monoisotopic (exact) mass is 405 g/mol. The number of rotatable bonds is 6. The standard InChI is InChI=1S/C21H23N7O2/c22-20(29)17-7-4-10-27(13-17)12-16-5-1-2-9-19(16)24-21(30)15-6-3-8-18(11-15)28-14-23-25-26-28/h1-3,5-6,8-9,11,14,17H,4,7,10,12-13H2,(H2,22,29)(H,24,30). The number of nitrogens with one attached hydrogen (secondary N) is 1. The fourth-order valence-corrected chi connectivity index (χ4v) is 3.72. The summed E-state index contributed by atoms with van der Waals surface area (Å²) in [5.74, 6) is -0.579. The van der Waals surface area contributed by atoms with E-state index in [1.54, 1.807) is 18.2 Å². The number of carbonyl (C=O) groups is 2. The number of hydrogen-bond donors (Lipinski definition) is 2. The van der Waals surface area contributed by atoms with Gasteiger partial charge in [0.1, 0.15) is 6.33 Å². The van der Waals surface area contributed by atoms with Gasteiger partial charge in [0, 0.05) is 24.3 Å². The molecule has 1 aliphatic rings. The Hall–Kier alpha value is -3.59. The molecule has 1 atom stereocenters. The number of benzene rings is 2. The molecule has 2 aromatic carbocycles. The molecule has 0 radical (unpaired) electrons. The first-order chi connectivity index (χ1) is 14.6. The lowest BCUT2D eigenvalue weighted by Gasteiger charge is -2.31. The highest BCUT2D eigenvalue weighted by atomic mass is 16.2. The molecule has 1 saturated heterocycles. The molecule has 9 heteroatoms. The number of nitrogens with two attached hydrogens (primary N) is 1. The second kappa shape index (κ2) is 8.83. The molecular weight excluding hydrogens is 382 g/mol. The average molecular weight is 405 g/mol. The van der Waals surface area contributed by atoms with Gasteiger partial charge in [0.15, 0.2) is 0 Å². The number of aromatic nitrogens is 4. The second-order valence-electron chi connectivity index (χ2n) is 7.39. The van der Waals surface area contributed by atoms with Crippen molar-refractivity contribution in [2.45, 2.75) is 19.4 Å². The first kappa shape index (κ1) is 19.7. The quantitative estimate of drug-likeness (QED) is 0.643. The van der Waals surface area contributed by atoms with E-state index in [4.69, 9.17) is 5.73 Å². The van der Waals surface area contributed by atoms with Crippen LogP contribution < -0.4 is 11.1 Å². The van der Waals surface area contributed by atoms with E-state index in [0.717, 1.165) is 30.6 Å². The van der Waals surface area contributed by atoms with Gasteiger partial charge < -0.3 is 11.1 Å². The fourth-order valence-electron chi connectivity index (χ4n) is 3.72. The molecule has 1 aromatic heterocycles. The number of nitrogens with zero attached hydrogens (tertiary/aromatic N) is 5. The minimum atomic E-state index is -0.247. The Balaban J connectivity index is 1.48. The predicted octanol–water partition coefficient (Wildman–Crippen LogP) is 1.61. The molecule has 9 nitrogen and oxygen atoms in total. The smallest absolute Gasteiger partial charge is 0.255 e. The summed E-state index contributed by atoms with van der Waals surface area (Å²) in [5, 5.41) is 14.1. The molecule has 0 bridgehead atoms. The van der Waals surface area contributed by atoms with Gasteiger partial charge >= 0.3 is 0 Å². The minimum Gasteiger partial charge on any atom is -0.369 e. The maximum absolute atomic E-state index is 12.9. The summed E-state index contributed by atoms with van der Waals surface area (Å²) in [4.78, 5) is 26.6. The van der Waals surface area contributed by atoms with Crippen LogP contribution in [0.5, 0.6) is 0 Å². The molecule has 0 saturated carbocycles. The van der Waals surface area contributed by atoms with E-state index in [9.17, 15) is 9.59 Å². The van der Waals surface area contributed by atoms with Crippen LogP contribution in [0.3, 0.4) is 0 Å². The molecule has 1 fully saturated rings. The van der Waals surface area contributed by atoms with Crippen molar-refractivity contribution >= 4 is 17.5 Å². The van der Waals surface area contributed by atoms with Crippen molar-refractivity contribution in [2.75, 3.05) is 18.4 Å². The first-order valence-electron chi connectivity index (χ1n) is 9.84. The van der Waals surface area contributed by atoms with Gasteiger partial charge in [-0.3, -0.25) is 14.5 Å². The Morgan fingerprint density at radius 3 is 2.83 bits per heavy atom. The van der Waals surface area contributed by atoms with Crippen molar-refractivity contribution in [1.82, 2.24) is 25.1 Å². The molecule has 154 valence electrons. The maximum atomic E-state index is 12.9. The van der Waals surface area contributed by atoms with Gasteiger partial charge in [-0.05, 0) is 59.6 Å². The van der Waals surface area contributed by atoms with Gasteiger partial charge in [-0.25, -0.2) is 4.68 Å². The highest BCUT2D eigenvalue weighted by Crippen LogP contribution is 2.23. The van der Waals surface area contributed by atoms with Crippen molar-refractivity contribution in [3.8, 4) is 5.69 Å².